The molecule has 1 heterocycles. The number of methoxy groups -OCH3 is 1. The fourth-order valence-corrected chi connectivity index (χ4v) is 4.33. The molecule has 2 atom stereocenters. The summed E-state index contributed by atoms with van der Waals surface area (Å²) >= 11 is 5.07. The van der Waals surface area contributed by atoms with Crippen molar-refractivity contribution in [2.45, 2.75) is 44.3 Å². The molecule has 1 fully saturated rings. The van der Waals surface area contributed by atoms with E-state index in [1.807, 2.05) is 11.4 Å². The summed E-state index contributed by atoms with van der Waals surface area (Å²) in [4.78, 5) is 0.988. The fourth-order valence-electron chi connectivity index (χ4n) is 2.71. The van der Waals surface area contributed by atoms with Crippen LogP contribution in [0.25, 0.3) is 0 Å². The first-order valence-corrected chi connectivity index (χ1v) is 7.85. The van der Waals surface area contributed by atoms with Gasteiger partial charge in [-0.2, -0.15) is 0 Å². The Bertz CT molecular complexity index is 347. The summed E-state index contributed by atoms with van der Waals surface area (Å²) in [7, 11) is 1.71. The van der Waals surface area contributed by atoms with Crippen LogP contribution in [0.4, 0.5) is 0 Å². The van der Waals surface area contributed by atoms with Crippen molar-refractivity contribution in [2.75, 3.05) is 7.11 Å². The minimum atomic E-state index is -0.502. The van der Waals surface area contributed by atoms with E-state index in [4.69, 9.17) is 4.74 Å². The zero-order valence-corrected chi connectivity index (χ0v) is 12.5. The second-order valence-corrected chi connectivity index (χ2v) is 6.48. The molecule has 0 saturated heterocycles. The maximum Gasteiger partial charge on any atom is 0.116 e. The molecule has 0 bridgehead atoms. The average Bonchev–Trinajstić information content (AvgIpc) is 2.77. The first-order valence-electron chi connectivity index (χ1n) is 6.17. The number of ether oxygens (including phenoxy) is 1. The number of aliphatic hydroxyl groups is 1. The van der Waals surface area contributed by atoms with Crippen molar-refractivity contribution in [3.63, 3.8) is 0 Å². The molecule has 0 spiro atoms. The van der Waals surface area contributed by atoms with E-state index in [9.17, 15) is 5.11 Å². The molecule has 96 valence electrons. The molecule has 1 aliphatic rings. The van der Waals surface area contributed by atoms with E-state index in [-0.39, 0.29) is 6.10 Å². The van der Waals surface area contributed by atoms with Crippen LogP contribution in [0.2, 0.25) is 0 Å². The van der Waals surface area contributed by atoms with E-state index in [0.29, 0.717) is 5.92 Å². The lowest BCUT2D eigenvalue weighted by Crippen LogP contribution is -2.31. The van der Waals surface area contributed by atoms with Crippen LogP contribution in [0.3, 0.4) is 0 Å². The Labute approximate surface area is 115 Å². The number of halogens is 1. The molecule has 17 heavy (non-hydrogen) atoms. The summed E-state index contributed by atoms with van der Waals surface area (Å²) < 4.78 is 6.56. The quantitative estimate of drug-likeness (QED) is 0.904. The predicted molar refractivity (Wildman–Crippen MR) is 74.4 cm³/mol. The molecule has 1 saturated carbocycles. The van der Waals surface area contributed by atoms with Gasteiger partial charge in [0.25, 0.3) is 0 Å². The van der Waals surface area contributed by atoms with Crippen LogP contribution < -0.4 is 0 Å². The largest absolute Gasteiger partial charge is 0.385 e. The van der Waals surface area contributed by atoms with Crippen LogP contribution >= 0.6 is 27.3 Å². The smallest absolute Gasteiger partial charge is 0.116 e. The molecule has 1 aromatic heterocycles. The van der Waals surface area contributed by atoms with E-state index in [1.165, 1.54) is 32.1 Å². The Morgan fingerprint density at radius 3 is 2.65 bits per heavy atom. The highest BCUT2D eigenvalue weighted by atomic mass is 79.9. The van der Waals surface area contributed by atoms with Crippen molar-refractivity contribution in [2.24, 2.45) is 5.92 Å². The Kier molecular flexibility index (Phi) is 5.03. The summed E-state index contributed by atoms with van der Waals surface area (Å²) in [6.45, 7) is 0. The molecule has 2 rings (SSSR count). The summed E-state index contributed by atoms with van der Waals surface area (Å²) in [5.41, 5.74) is 0. The molecular weight excluding hydrogens is 300 g/mol. The summed E-state index contributed by atoms with van der Waals surface area (Å²) in [5.74, 6) is 0.498. The maximum atomic E-state index is 10.5. The normalized spacial score (nSPS) is 21.4. The highest BCUT2D eigenvalue weighted by molar-refractivity contribution is 9.10. The van der Waals surface area contributed by atoms with Crippen LogP contribution in [0, 0.1) is 5.92 Å². The zero-order valence-electron chi connectivity index (χ0n) is 10.1. The van der Waals surface area contributed by atoms with Gasteiger partial charge in [-0.25, -0.2) is 0 Å². The molecule has 0 aliphatic heterocycles. The SMILES string of the molecule is COC(C1CCCCC1)C(O)c1sccc1Br. The summed E-state index contributed by atoms with van der Waals surface area (Å²) in [5, 5.41) is 12.5. The number of rotatable bonds is 4. The van der Waals surface area contributed by atoms with Crippen LogP contribution in [0.5, 0.6) is 0 Å². The molecule has 1 aliphatic carbocycles. The minimum absolute atomic E-state index is 0.0646. The fraction of sp³-hybridized carbons (Fsp3) is 0.692. The Hall–Kier alpha value is 0.100. The van der Waals surface area contributed by atoms with Crippen molar-refractivity contribution in [1.29, 1.82) is 0 Å². The molecule has 4 heteroatoms. The summed E-state index contributed by atoms with van der Waals surface area (Å²) in [6, 6.07) is 1.98. The van der Waals surface area contributed by atoms with Gasteiger partial charge in [0.05, 0.1) is 6.10 Å². The highest BCUT2D eigenvalue weighted by Gasteiger charge is 2.31. The van der Waals surface area contributed by atoms with Crippen molar-refractivity contribution in [1.82, 2.24) is 0 Å². The molecule has 2 nitrogen and oxygen atoms in total. The van der Waals surface area contributed by atoms with Crippen molar-refractivity contribution in [3.8, 4) is 0 Å². The van der Waals surface area contributed by atoms with Crippen LogP contribution in [-0.2, 0) is 4.74 Å². The van der Waals surface area contributed by atoms with E-state index in [1.54, 1.807) is 18.4 Å². The lowest BCUT2D eigenvalue weighted by molar-refractivity contribution is -0.0547. The van der Waals surface area contributed by atoms with Gasteiger partial charge in [-0.05, 0) is 46.1 Å². The lowest BCUT2D eigenvalue weighted by atomic mass is 9.83. The van der Waals surface area contributed by atoms with Crippen molar-refractivity contribution >= 4 is 27.3 Å². The third-order valence-corrected chi connectivity index (χ3v) is 5.55. The number of hydrogen-bond acceptors (Lipinski definition) is 3. The Morgan fingerprint density at radius 1 is 1.41 bits per heavy atom. The zero-order chi connectivity index (χ0) is 12.3. The van der Waals surface area contributed by atoms with Gasteiger partial charge >= 0.3 is 0 Å². The van der Waals surface area contributed by atoms with Gasteiger partial charge in [-0.15, -0.1) is 11.3 Å². The molecule has 1 aromatic rings. The summed E-state index contributed by atoms with van der Waals surface area (Å²) in [6.07, 6.45) is 5.65. The highest BCUT2D eigenvalue weighted by Crippen LogP contribution is 2.38. The van der Waals surface area contributed by atoms with E-state index in [0.717, 1.165) is 9.35 Å². The second kappa shape index (κ2) is 6.32. The van der Waals surface area contributed by atoms with Gasteiger partial charge < -0.3 is 9.84 Å². The van der Waals surface area contributed by atoms with Crippen molar-refractivity contribution in [3.05, 3.63) is 20.8 Å². The van der Waals surface area contributed by atoms with Crippen LogP contribution in [0.1, 0.15) is 43.1 Å². The van der Waals surface area contributed by atoms with Crippen LogP contribution in [-0.4, -0.2) is 18.3 Å². The Balaban J connectivity index is 2.09. The first kappa shape index (κ1) is 13.5. The van der Waals surface area contributed by atoms with E-state index < -0.39 is 6.10 Å². The Morgan fingerprint density at radius 2 is 2.12 bits per heavy atom. The van der Waals surface area contributed by atoms with E-state index in [2.05, 4.69) is 15.9 Å². The topological polar surface area (TPSA) is 29.5 Å². The molecule has 0 aromatic carbocycles. The van der Waals surface area contributed by atoms with Gasteiger partial charge in [-0.3, -0.25) is 0 Å². The second-order valence-electron chi connectivity index (χ2n) is 4.68. The van der Waals surface area contributed by atoms with Gasteiger partial charge in [0.2, 0.25) is 0 Å². The predicted octanol–water partition coefficient (Wildman–Crippen LogP) is 4.14. The molecule has 1 N–H and O–H groups in total. The van der Waals surface area contributed by atoms with Gasteiger partial charge in [0.15, 0.2) is 0 Å². The molecule has 0 radical (unpaired) electrons. The van der Waals surface area contributed by atoms with Gasteiger partial charge in [-0.1, -0.05) is 19.3 Å². The first-order chi connectivity index (χ1) is 8.24. The molecule has 2 unspecified atom stereocenters. The number of thiophene rings is 1. The molecular formula is C13H19BrO2S. The van der Waals surface area contributed by atoms with Gasteiger partial charge in [0, 0.05) is 16.5 Å². The standard InChI is InChI=1S/C13H19BrO2S/c1-16-12(9-5-3-2-4-6-9)11(15)13-10(14)7-8-17-13/h7-9,11-12,15H,2-6H2,1H3. The number of aliphatic hydroxyl groups excluding tert-OH is 1. The number of hydrogen-bond donors (Lipinski definition) is 1. The minimum Gasteiger partial charge on any atom is -0.385 e. The van der Waals surface area contributed by atoms with Crippen LogP contribution in [0.15, 0.2) is 15.9 Å². The van der Waals surface area contributed by atoms with Crippen molar-refractivity contribution < 1.29 is 9.84 Å². The monoisotopic (exact) mass is 318 g/mol. The van der Waals surface area contributed by atoms with Gasteiger partial charge in [0.1, 0.15) is 6.10 Å². The lowest BCUT2D eigenvalue weighted by Gasteiger charge is -2.32. The molecule has 0 amide bonds. The average molecular weight is 319 g/mol. The third kappa shape index (κ3) is 3.11. The van der Waals surface area contributed by atoms with E-state index >= 15 is 0 Å². The maximum absolute atomic E-state index is 10.5. The third-order valence-electron chi connectivity index (χ3n) is 3.61.